The molecule has 1 saturated heterocycles. The molecule has 0 spiro atoms. The number of piperidine rings is 1. The zero-order valence-corrected chi connectivity index (χ0v) is 11.6. The largest absolute Gasteiger partial charge is 0.380 e. The van der Waals surface area contributed by atoms with Gasteiger partial charge in [-0.3, -0.25) is 4.79 Å². The third-order valence-corrected chi connectivity index (χ3v) is 3.97. The molecular weight excluding hydrogens is 216 g/mol. The van der Waals surface area contributed by atoms with E-state index in [1.807, 2.05) is 18.9 Å². The van der Waals surface area contributed by atoms with Crippen molar-refractivity contribution in [3.8, 4) is 0 Å². The molecule has 1 unspecified atom stereocenters. The molecular formula is C13H26N2O2. The van der Waals surface area contributed by atoms with Gasteiger partial charge in [0.15, 0.2) is 0 Å². The molecule has 1 aliphatic heterocycles. The van der Waals surface area contributed by atoms with Crippen LogP contribution < -0.4 is 5.32 Å². The van der Waals surface area contributed by atoms with Crippen LogP contribution in [0, 0.1) is 5.41 Å². The van der Waals surface area contributed by atoms with Gasteiger partial charge >= 0.3 is 0 Å². The molecule has 1 fully saturated rings. The van der Waals surface area contributed by atoms with Crippen molar-refractivity contribution in [2.45, 2.75) is 39.2 Å². The smallest absolute Gasteiger partial charge is 0.228 e. The monoisotopic (exact) mass is 242 g/mol. The first-order chi connectivity index (χ1) is 8.05. The van der Waals surface area contributed by atoms with Crippen molar-refractivity contribution in [2.75, 3.05) is 33.8 Å². The van der Waals surface area contributed by atoms with Crippen LogP contribution in [0.15, 0.2) is 0 Å². The number of nitrogens with zero attached hydrogens (tertiary/aromatic N) is 1. The van der Waals surface area contributed by atoms with Crippen LogP contribution in [0.2, 0.25) is 0 Å². The Morgan fingerprint density at radius 1 is 1.47 bits per heavy atom. The van der Waals surface area contributed by atoms with Crippen molar-refractivity contribution in [2.24, 2.45) is 5.41 Å². The van der Waals surface area contributed by atoms with Crippen LogP contribution in [0.1, 0.15) is 33.1 Å². The van der Waals surface area contributed by atoms with Crippen LogP contribution >= 0.6 is 0 Å². The summed E-state index contributed by atoms with van der Waals surface area (Å²) >= 11 is 0. The molecule has 1 heterocycles. The summed E-state index contributed by atoms with van der Waals surface area (Å²) in [4.78, 5) is 14.4. The highest BCUT2D eigenvalue weighted by molar-refractivity contribution is 5.82. The van der Waals surface area contributed by atoms with E-state index in [1.165, 1.54) is 0 Å². The number of carbonyl (C=O) groups is 1. The lowest BCUT2D eigenvalue weighted by molar-refractivity contribution is -0.144. The first-order valence-electron chi connectivity index (χ1n) is 6.55. The second-order valence-corrected chi connectivity index (χ2v) is 5.12. The van der Waals surface area contributed by atoms with Gasteiger partial charge in [0.05, 0.1) is 11.5 Å². The van der Waals surface area contributed by atoms with Gasteiger partial charge in [0.25, 0.3) is 0 Å². The number of carbonyl (C=O) groups excluding carboxylic acids is 1. The fourth-order valence-electron chi connectivity index (χ4n) is 2.57. The van der Waals surface area contributed by atoms with Crippen LogP contribution in [0.5, 0.6) is 0 Å². The molecule has 0 radical (unpaired) electrons. The first-order valence-corrected chi connectivity index (χ1v) is 6.55. The number of likely N-dealkylation sites (N-methyl/N-ethyl adjacent to an activating group) is 1. The van der Waals surface area contributed by atoms with Gasteiger partial charge in [-0.05, 0) is 39.3 Å². The fraction of sp³-hybridized carbons (Fsp3) is 0.923. The van der Waals surface area contributed by atoms with E-state index in [2.05, 4.69) is 12.2 Å². The molecule has 1 amide bonds. The maximum absolute atomic E-state index is 12.5. The van der Waals surface area contributed by atoms with Crippen LogP contribution in [-0.4, -0.2) is 50.7 Å². The van der Waals surface area contributed by atoms with Crippen molar-refractivity contribution < 1.29 is 9.53 Å². The first kappa shape index (κ1) is 14.5. The molecule has 1 atom stereocenters. The van der Waals surface area contributed by atoms with E-state index in [0.717, 1.165) is 32.4 Å². The lowest BCUT2D eigenvalue weighted by Crippen LogP contribution is -2.49. The number of methoxy groups -OCH3 is 1. The Balaban J connectivity index is 2.64. The lowest BCUT2D eigenvalue weighted by Gasteiger charge is -2.38. The highest BCUT2D eigenvalue weighted by Crippen LogP contribution is 2.34. The van der Waals surface area contributed by atoms with E-state index in [1.54, 1.807) is 7.11 Å². The van der Waals surface area contributed by atoms with Crippen LogP contribution in [0.3, 0.4) is 0 Å². The predicted octanol–water partition coefficient (Wildman–Crippen LogP) is 1.26. The third-order valence-electron chi connectivity index (χ3n) is 3.97. The van der Waals surface area contributed by atoms with Crippen molar-refractivity contribution in [3.63, 3.8) is 0 Å². The molecule has 0 bridgehead atoms. The summed E-state index contributed by atoms with van der Waals surface area (Å²) in [6, 6.07) is 0. The average molecular weight is 242 g/mol. The molecule has 100 valence electrons. The van der Waals surface area contributed by atoms with E-state index in [-0.39, 0.29) is 17.4 Å². The molecule has 4 nitrogen and oxygen atoms in total. The molecule has 1 aliphatic rings. The molecule has 1 N–H and O–H groups in total. The van der Waals surface area contributed by atoms with Gasteiger partial charge in [-0.1, -0.05) is 6.92 Å². The van der Waals surface area contributed by atoms with Gasteiger partial charge in [-0.15, -0.1) is 0 Å². The summed E-state index contributed by atoms with van der Waals surface area (Å²) in [6.07, 6.45) is 2.93. The highest BCUT2D eigenvalue weighted by Gasteiger charge is 2.39. The Morgan fingerprint density at radius 2 is 2.06 bits per heavy atom. The Morgan fingerprint density at radius 3 is 2.53 bits per heavy atom. The second kappa shape index (κ2) is 6.36. The van der Waals surface area contributed by atoms with E-state index in [0.29, 0.717) is 6.54 Å². The molecule has 0 aliphatic carbocycles. The maximum atomic E-state index is 12.5. The van der Waals surface area contributed by atoms with Gasteiger partial charge in [0.1, 0.15) is 0 Å². The van der Waals surface area contributed by atoms with Gasteiger partial charge in [0.2, 0.25) is 5.91 Å². The minimum Gasteiger partial charge on any atom is -0.380 e. The zero-order chi connectivity index (χ0) is 12.9. The molecule has 17 heavy (non-hydrogen) atoms. The van der Waals surface area contributed by atoms with E-state index in [9.17, 15) is 4.79 Å². The standard InChI is InChI=1S/C13H26N2O2/c1-5-13(6-8-14-9-7-13)12(16)15(3)10-11(2)17-4/h11,14H,5-10H2,1-4H3. The molecule has 0 saturated carbocycles. The number of rotatable bonds is 5. The molecule has 1 rings (SSSR count). The fourth-order valence-corrected chi connectivity index (χ4v) is 2.57. The summed E-state index contributed by atoms with van der Waals surface area (Å²) in [6.45, 7) is 6.69. The number of amides is 1. The Bertz CT molecular complexity index is 250. The highest BCUT2D eigenvalue weighted by atomic mass is 16.5. The van der Waals surface area contributed by atoms with E-state index in [4.69, 9.17) is 4.74 Å². The summed E-state index contributed by atoms with van der Waals surface area (Å²) in [5.74, 6) is 0.283. The van der Waals surface area contributed by atoms with Crippen molar-refractivity contribution in [3.05, 3.63) is 0 Å². The summed E-state index contributed by atoms with van der Waals surface area (Å²) in [7, 11) is 3.57. The third kappa shape index (κ3) is 3.42. The van der Waals surface area contributed by atoms with Gasteiger partial charge in [-0.2, -0.15) is 0 Å². The summed E-state index contributed by atoms with van der Waals surface area (Å²) < 4.78 is 5.22. The van der Waals surface area contributed by atoms with E-state index < -0.39 is 0 Å². The second-order valence-electron chi connectivity index (χ2n) is 5.12. The molecule has 0 aromatic heterocycles. The zero-order valence-electron chi connectivity index (χ0n) is 11.6. The number of nitrogens with one attached hydrogen (secondary N) is 1. The summed E-state index contributed by atoms with van der Waals surface area (Å²) in [5, 5.41) is 3.32. The SMILES string of the molecule is CCC1(C(=O)N(C)CC(C)OC)CCNCC1. The molecule has 4 heteroatoms. The van der Waals surface area contributed by atoms with Crippen molar-refractivity contribution in [1.29, 1.82) is 0 Å². The Hall–Kier alpha value is -0.610. The predicted molar refractivity (Wildman–Crippen MR) is 68.9 cm³/mol. The van der Waals surface area contributed by atoms with Crippen molar-refractivity contribution in [1.82, 2.24) is 10.2 Å². The van der Waals surface area contributed by atoms with Gasteiger partial charge in [0, 0.05) is 20.7 Å². The van der Waals surface area contributed by atoms with Crippen molar-refractivity contribution >= 4 is 5.91 Å². The number of hydrogen-bond acceptors (Lipinski definition) is 3. The minimum atomic E-state index is -0.145. The van der Waals surface area contributed by atoms with E-state index >= 15 is 0 Å². The normalized spacial score (nSPS) is 20.9. The van der Waals surface area contributed by atoms with Crippen LogP contribution in [-0.2, 0) is 9.53 Å². The Labute approximate surface area is 105 Å². The molecule has 0 aromatic rings. The average Bonchev–Trinajstić information content (AvgIpc) is 2.38. The topological polar surface area (TPSA) is 41.6 Å². The van der Waals surface area contributed by atoms with Crippen LogP contribution in [0.4, 0.5) is 0 Å². The molecule has 0 aromatic carbocycles. The van der Waals surface area contributed by atoms with Gasteiger partial charge in [-0.25, -0.2) is 0 Å². The Kier molecular flexibility index (Phi) is 5.40. The number of hydrogen-bond donors (Lipinski definition) is 1. The minimum absolute atomic E-state index is 0.0968. The number of ether oxygens (including phenoxy) is 1. The quantitative estimate of drug-likeness (QED) is 0.789. The summed E-state index contributed by atoms with van der Waals surface area (Å²) in [5.41, 5.74) is -0.145. The van der Waals surface area contributed by atoms with Gasteiger partial charge < -0.3 is 15.0 Å². The maximum Gasteiger partial charge on any atom is 0.228 e. The lowest BCUT2D eigenvalue weighted by atomic mass is 9.75. The van der Waals surface area contributed by atoms with Crippen LogP contribution in [0.25, 0.3) is 0 Å².